The number of nitrogens with one attached hydrogen (secondary N) is 2. The third-order valence-corrected chi connectivity index (χ3v) is 2.36. The van der Waals surface area contributed by atoms with Crippen molar-refractivity contribution in [2.75, 3.05) is 20.2 Å². The molecule has 0 aliphatic heterocycles. The van der Waals surface area contributed by atoms with Crippen LogP contribution in [-0.2, 0) is 14.3 Å². The lowest BCUT2D eigenvalue weighted by Gasteiger charge is -2.14. The summed E-state index contributed by atoms with van der Waals surface area (Å²) in [5, 5.41) is 13.7. The molecule has 8 heteroatoms. The molecule has 0 aromatic heterocycles. The van der Waals surface area contributed by atoms with E-state index in [1.54, 1.807) is 0 Å². The summed E-state index contributed by atoms with van der Waals surface area (Å²) in [5.74, 6) is -1.35. The summed E-state index contributed by atoms with van der Waals surface area (Å²) in [6.07, 6.45) is 0.843. The van der Waals surface area contributed by atoms with Crippen LogP contribution in [0.25, 0.3) is 0 Å². The number of carbonyl (C=O) groups excluding carboxylic acids is 2. The molecule has 0 bridgehead atoms. The van der Waals surface area contributed by atoms with Gasteiger partial charge in [-0.15, -0.1) is 0 Å². The Morgan fingerprint density at radius 2 is 1.95 bits per heavy atom. The van der Waals surface area contributed by atoms with Gasteiger partial charge in [-0.2, -0.15) is 0 Å². The molecule has 0 aromatic rings. The topological polar surface area (TPSA) is 131 Å². The van der Waals surface area contributed by atoms with E-state index in [2.05, 4.69) is 10.6 Å². The molecule has 5 N–H and O–H groups in total. The summed E-state index contributed by atoms with van der Waals surface area (Å²) in [7, 11) is 1.39. The van der Waals surface area contributed by atoms with Crippen molar-refractivity contribution in [3.05, 3.63) is 0 Å². The van der Waals surface area contributed by atoms with Gasteiger partial charge in [0.1, 0.15) is 0 Å². The van der Waals surface area contributed by atoms with Gasteiger partial charge in [-0.25, -0.2) is 4.79 Å². The van der Waals surface area contributed by atoms with E-state index < -0.39 is 18.1 Å². The maximum atomic E-state index is 11.3. The Balaban J connectivity index is 3.62. The minimum absolute atomic E-state index is 0.121. The number of aliphatic carboxylic acids is 1. The molecule has 3 amide bonds. The first-order valence-corrected chi connectivity index (χ1v) is 6.00. The van der Waals surface area contributed by atoms with Crippen molar-refractivity contribution >= 4 is 17.9 Å². The number of carboxylic acid groups (broad SMARTS) is 1. The van der Waals surface area contributed by atoms with Gasteiger partial charge in [-0.3, -0.25) is 9.59 Å². The lowest BCUT2D eigenvalue weighted by Crippen LogP contribution is -2.41. The molecule has 0 aliphatic carbocycles. The van der Waals surface area contributed by atoms with Crippen LogP contribution in [0.5, 0.6) is 0 Å². The second kappa shape index (κ2) is 10.1. The van der Waals surface area contributed by atoms with Gasteiger partial charge in [0.15, 0.2) is 0 Å². The Morgan fingerprint density at radius 3 is 2.47 bits per heavy atom. The van der Waals surface area contributed by atoms with Gasteiger partial charge in [0, 0.05) is 26.6 Å². The van der Waals surface area contributed by atoms with Crippen LogP contribution in [0, 0.1) is 0 Å². The number of primary amides is 1. The van der Waals surface area contributed by atoms with Crippen molar-refractivity contribution < 1.29 is 24.2 Å². The number of carbonyl (C=O) groups is 3. The lowest BCUT2D eigenvalue weighted by molar-refractivity contribution is -0.139. The average Bonchev–Trinajstić information content (AvgIpc) is 2.33. The first-order valence-electron chi connectivity index (χ1n) is 6.00. The molecule has 1 unspecified atom stereocenters. The van der Waals surface area contributed by atoms with Crippen molar-refractivity contribution in [2.24, 2.45) is 5.73 Å². The van der Waals surface area contributed by atoms with Crippen LogP contribution in [-0.4, -0.2) is 49.3 Å². The zero-order valence-corrected chi connectivity index (χ0v) is 11.0. The van der Waals surface area contributed by atoms with E-state index in [0.29, 0.717) is 25.8 Å². The summed E-state index contributed by atoms with van der Waals surface area (Å²) >= 11 is 0. The van der Waals surface area contributed by atoms with Crippen LogP contribution in [0.15, 0.2) is 0 Å². The number of amides is 3. The molecule has 0 radical (unpaired) electrons. The van der Waals surface area contributed by atoms with Crippen molar-refractivity contribution in [1.29, 1.82) is 0 Å². The maximum absolute atomic E-state index is 11.3. The van der Waals surface area contributed by atoms with Crippen molar-refractivity contribution in [1.82, 2.24) is 10.6 Å². The van der Waals surface area contributed by atoms with E-state index >= 15 is 0 Å². The van der Waals surface area contributed by atoms with Crippen LogP contribution in [0.3, 0.4) is 0 Å². The molecular weight excluding hydrogens is 254 g/mol. The number of hydrogen-bond acceptors (Lipinski definition) is 4. The minimum Gasteiger partial charge on any atom is -0.481 e. The number of carboxylic acids is 1. The van der Waals surface area contributed by atoms with E-state index in [4.69, 9.17) is 15.6 Å². The second-order valence-electron chi connectivity index (χ2n) is 4.02. The summed E-state index contributed by atoms with van der Waals surface area (Å²) in [5.41, 5.74) is 4.97. The molecular formula is C11H21N3O5. The third-order valence-electron chi connectivity index (χ3n) is 2.36. The molecule has 8 nitrogen and oxygen atoms in total. The molecule has 0 spiro atoms. The Hall–Kier alpha value is -1.83. The molecule has 1 atom stereocenters. The van der Waals surface area contributed by atoms with Crippen LogP contribution in [0.1, 0.15) is 25.7 Å². The number of nitrogens with two attached hydrogens (primary N) is 1. The third kappa shape index (κ3) is 11.0. The van der Waals surface area contributed by atoms with Gasteiger partial charge in [0.2, 0.25) is 5.91 Å². The van der Waals surface area contributed by atoms with Crippen LogP contribution >= 0.6 is 0 Å². The number of hydrogen-bond donors (Lipinski definition) is 4. The standard InChI is InChI=1S/C11H21N3O5/c1-19-8(6-10(16)17)7-14-11(18)13-5-3-2-4-9(12)15/h8H,2-7H2,1H3,(H2,12,15)(H,16,17)(H2,13,14,18). The number of methoxy groups -OCH3 is 1. The van der Waals surface area contributed by atoms with Gasteiger partial charge >= 0.3 is 12.0 Å². The lowest BCUT2D eigenvalue weighted by atomic mass is 10.2. The zero-order chi connectivity index (χ0) is 14.7. The number of unbranched alkanes of at least 4 members (excludes halogenated alkanes) is 1. The van der Waals surface area contributed by atoms with Crippen LogP contribution < -0.4 is 16.4 Å². The van der Waals surface area contributed by atoms with E-state index in [9.17, 15) is 14.4 Å². The van der Waals surface area contributed by atoms with Crippen molar-refractivity contribution in [3.8, 4) is 0 Å². The zero-order valence-electron chi connectivity index (χ0n) is 11.0. The van der Waals surface area contributed by atoms with Crippen molar-refractivity contribution in [2.45, 2.75) is 31.8 Å². The Bertz CT molecular complexity index is 309. The smallest absolute Gasteiger partial charge is 0.314 e. The molecule has 0 heterocycles. The van der Waals surface area contributed by atoms with Crippen LogP contribution in [0.4, 0.5) is 4.79 Å². The number of urea groups is 1. The van der Waals surface area contributed by atoms with Gasteiger partial charge < -0.3 is 26.2 Å². The quantitative estimate of drug-likeness (QED) is 0.397. The summed E-state index contributed by atoms with van der Waals surface area (Å²) < 4.78 is 4.91. The van der Waals surface area contributed by atoms with E-state index in [0.717, 1.165) is 0 Å². The van der Waals surface area contributed by atoms with Gasteiger partial charge in [-0.1, -0.05) is 0 Å². The Morgan fingerprint density at radius 1 is 1.26 bits per heavy atom. The van der Waals surface area contributed by atoms with E-state index in [1.807, 2.05) is 0 Å². The van der Waals surface area contributed by atoms with E-state index in [1.165, 1.54) is 7.11 Å². The predicted molar refractivity (Wildman–Crippen MR) is 67.5 cm³/mol. The molecule has 110 valence electrons. The highest BCUT2D eigenvalue weighted by atomic mass is 16.5. The number of rotatable bonds is 10. The Kier molecular flexibility index (Phi) is 9.15. The fourth-order valence-corrected chi connectivity index (χ4v) is 1.33. The largest absolute Gasteiger partial charge is 0.481 e. The highest BCUT2D eigenvalue weighted by Gasteiger charge is 2.13. The fraction of sp³-hybridized carbons (Fsp3) is 0.727. The molecule has 0 saturated heterocycles. The summed E-state index contributed by atoms with van der Waals surface area (Å²) in [6.45, 7) is 0.547. The van der Waals surface area contributed by atoms with Crippen molar-refractivity contribution in [3.63, 3.8) is 0 Å². The highest BCUT2D eigenvalue weighted by molar-refractivity contribution is 5.74. The first-order chi connectivity index (χ1) is 8.95. The summed E-state index contributed by atoms with van der Waals surface area (Å²) in [4.78, 5) is 32.3. The molecule has 0 saturated carbocycles. The molecule has 0 rings (SSSR count). The highest BCUT2D eigenvalue weighted by Crippen LogP contribution is 1.95. The predicted octanol–water partition coefficient (Wildman–Crippen LogP) is -0.569. The second-order valence-corrected chi connectivity index (χ2v) is 4.02. The fourth-order valence-electron chi connectivity index (χ4n) is 1.33. The van der Waals surface area contributed by atoms with E-state index in [-0.39, 0.29) is 18.9 Å². The maximum Gasteiger partial charge on any atom is 0.314 e. The SMILES string of the molecule is COC(CNC(=O)NCCCCC(N)=O)CC(=O)O. The molecule has 0 aromatic carbocycles. The van der Waals surface area contributed by atoms with Gasteiger partial charge in [0.05, 0.1) is 12.5 Å². The van der Waals surface area contributed by atoms with Crippen LogP contribution in [0.2, 0.25) is 0 Å². The molecule has 19 heavy (non-hydrogen) atoms. The number of ether oxygens (including phenoxy) is 1. The average molecular weight is 275 g/mol. The normalized spacial score (nSPS) is 11.6. The minimum atomic E-state index is -0.986. The summed E-state index contributed by atoms with van der Waals surface area (Å²) in [6, 6.07) is -0.397. The van der Waals surface area contributed by atoms with Gasteiger partial charge in [-0.05, 0) is 12.8 Å². The molecule has 0 fully saturated rings. The molecule has 0 aliphatic rings. The van der Waals surface area contributed by atoms with Gasteiger partial charge in [0.25, 0.3) is 0 Å². The monoisotopic (exact) mass is 275 g/mol. The Labute approximate surface area is 111 Å². The first kappa shape index (κ1) is 17.2.